The van der Waals surface area contributed by atoms with Crippen molar-refractivity contribution in [2.75, 3.05) is 0 Å². The summed E-state index contributed by atoms with van der Waals surface area (Å²) in [6.45, 7) is 3.76. The number of H-pyrrole nitrogens is 1. The van der Waals surface area contributed by atoms with Crippen LogP contribution in [0.15, 0.2) is 74.7 Å². The van der Waals surface area contributed by atoms with Gasteiger partial charge in [-0.1, -0.05) is 18.2 Å². The van der Waals surface area contributed by atoms with Gasteiger partial charge in [-0.2, -0.15) is 0 Å². The SMILES string of the molecule is Cc1cccc2cc(CN(Cc3ccco3)Cc3nnnn3Cc3ccco3)c(=O)[nH]c12. The molecule has 162 valence electrons. The largest absolute Gasteiger partial charge is 0.468 e. The van der Waals surface area contributed by atoms with Gasteiger partial charge in [-0.15, -0.1) is 5.10 Å². The van der Waals surface area contributed by atoms with E-state index in [9.17, 15) is 4.79 Å². The van der Waals surface area contributed by atoms with Gasteiger partial charge in [0.2, 0.25) is 0 Å². The number of aromatic nitrogens is 5. The zero-order chi connectivity index (χ0) is 21.9. The third kappa shape index (κ3) is 4.23. The Balaban J connectivity index is 1.44. The number of fused-ring (bicyclic) bond motifs is 1. The molecular formula is C23H22N6O3. The van der Waals surface area contributed by atoms with Crippen molar-refractivity contribution in [3.05, 3.63) is 99.9 Å². The fraction of sp³-hybridized carbons (Fsp3) is 0.217. The second kappa shape index (κ2) is 8.64. The van der Waals surface area contributed by atoms with Crippen LogP contribution >= 0.6 is 0 Å². The quantitative estimate of drug-likeness (QED) is 0.403. The molecule has 9 nitrogen and oxygen atoms in total. The Morgan fingerprint density at radius 3 is 2.59 bits per heavy atom. The summed E-state index contributed by atoms with van der Waals surface area (Å²) in [7, 11) is 0. The number of pyridine rings is 1. The van der Waals surface area contributed by atoms with Crippen molar-refractivity contribution in [1.29, 1.82) is 0 Å². The maximum atomic E-state index is 12.8. The van der Waals surface area contributed by atoms with Crippen molar-refractivity contribution < 1.29 is 8.83 Å². The molecule has 0 fully saturated rings. The fourth-order valence-electron chi connectivity index (χ4n) is 3.79. The summed E-state index contributed by atoms with van der Waals surface area (Å²) in [5, 5.41) is 13.1. The summed E-state index contributed by atoms with van der Waals surface area (Å²) in [6.07, 6.45) is 3.26. The van der Waals surface area contributed by atoms with Crippen molar-refractivity contribution in [3.63, 3.8) is 0 Å². The summed E-state index contributed by atoms with van der Waals surface area (Å²) in [6, 6.07) is 15.4. The molecule has 4 heterocycles. The van der Waals surface area contributed by atoms with Crippen molar-refractivity contribution >= 4 is 10.9 Å². The Kier molecular flexibility index (Phi) is 5.39. The highest BCUT2D eigenvalue weighted by Crippen LogP contribution is 2.18. The molecule has 0 unspecified atom stereocenters. The monoisotopic (exact) mass is 430 g/mol. The minimum Gasteiger partial charge on any atom is -0.468 e. The summed E-state index contributed by atoms with van der Waals surface area (Å²) in [4.78, 5) is 17.9. The molecule has 1 aromatic carbocycles. The first-order valence-electron chi connectivity index (χ1n) is 10.3. The summed E-state index contributed by atoms with van der Waals surface area (Å²) in [5.41, 5.74) is 2.46. The molecule has 32 heavy (non-hydrogen) atoms. The van der Waals surface area contributed by atoms with Gasteiger partial charge in [-0.25, -0.2) is 4.68 Å². The molecule has 0 saturated heterocycles. The fourth-order valence-corrected chi connectivity index (χ4v) is 3.79. The Morgan fingerprint density at radius 1 is 1.00 bits per heavy atom. The number of para-hydroxylation sites is 1. The molecule has 0 radical (unpaired) electrons. The predicted octanol–water partition coefficient (Wildman–Crippen LogP) is 3.26. The summed E-state index contributed by atoms with van der Waals surface area (Å²) < 4.78 is 12.7. The summed E-state index contributed by atoms with van der Waals surface area (Å²) in [5.74, 6) is 2.22. The smallest absolute Gasteiger partial charge is 0.252 e. The van der Waals surface area contributed by atoms with Crippen LogP contribution in [0, 0.1) is 6.92 Å². The molecule has 0 aliphatic rings. The van der Waals surface area contributed by atoms with Crippen LogP contribution in [-0.2, 0) is 26.2 Å². The predicted molar refractivity (Wildman–Crippen MR) is 117 cm³/mol. The van der Waals surface area contributed by atoms with Crippen molar-refractivity contribution in [3.8, 4) is 0 Å². The van der Waals surface area contributed by atoms with E-state index in [-0.39, 0.29) is 5.56 Å². The van der Waals surface area contributed by atoms with E-state index in [1.54, 1.807) is 17.2 Å². The number of hydrogen-bond donors (Lipinski definition) is 1. The average Bonchev–Trinajstić information content (AvgIpc) is 3.54. The molecule has 0 saturated carbocycles. The van der Waals surface area contributed by atoms with Gasteiger partial charge in [0.25, 0.3) is 5.56 Å². The van der Waals surface area contributed by atoms with E-state index in [4.69, 9.17) is 8.83 Å². The van der Waals surface area contributed by atoms with E-state index in [0.29, 0.717) is 37.6 Å². The molecule has 9 heteroatoms. The lowest BCUT2D eigenvalue weighted by Crippen LogP contribution is -2.28. The summed E-state index contributed by atoms with van der Waals surface area (Å²) >= 11 is 0. The maximum absolute atomic E-state index is 12.8. The van der Waals surface area contributed by atoms with Crippen LogP contribution in [-0.4, -0.2) is 30.1 Å². The molecule has 5 aromatic rings. The zero-order valence-electron chi connectivity index (χ0n) is 17.6. The lowest BCUT2D eigenvalue weighted by molar-refractivity contribution is 0.216. The van der Waals surface area contributed by atoms with E-state index >= 15 is 0 Å². The van der Waals surface area contributed by atoms with E-state index in [2.05, 4.69) is 25.4 Å². The number of aromatic amines is 1. The van der Waals surface area contributed by atoms with Gasteiger partial charge < -0.3 is 13.8 Å². The van der Waals surface area contributed by atoms with Gasteiger partial charge in [-0.3, -0.25) is 9.69 Å². The maximum Gasteiger partial charge on any atom is 0.252 e. The molecule has 0 bridgehead atoms. The minimum absolute atomic E-state index is 0.105. The number of furan rings is 2. The molecule has 1 N–H and O–H groups in total. The molecule has 5 rings (SSSR count). The average molecular weight is 430 g/mol. The number of tetrazole rings is 1. The third-order valence-corrected chi connectivity index (χ3v) is 5.38. The van der Waals surface area contributed by atoms with Gasteiger partial charge in [0, 0.05) is 12.1 Å². The molecule has 0 aliphatic heterocycles. The Hall–Kier alpha value is -3.98. The second-order valence-corrected chi connectivity index (χ2v) is 7.72. The Bertz CT molecular complexity index is 1370. The highest BCUT2D eigenvalue weighted by molar-refractivity contribution is 5.81. The third-order valence-electron chi connectivity index (χ3n) is 5.38. The van der Waals surface area contributed by atoms with Crippen LogP contribution in [0.3, 0.4) is 0 Å². The van der Waals surface area contributed by atoms with Crippen molar-refractivity contribution in [1.82, 2.24) is 30.1 Å². The number of hydrogen-bond acceptors (Lipinski definition) is 7. The number of benzene rings is 1. The first-order valence-corrected chi connectivity index (χ1v) is 10.3. The van der Waals surface area contributed by atoms with Crippen LogP contribution in [0.25, 0.3) is 10.9 Å². The standard InChI is InChI=1S/C23H22N6O3/c1-16-5-2-6-17-11-18(23(30)24-22(16)17)12-28(13-19-7-3-9-31-19)15-21-25-26-27-29(21)14-20-8-4-10-32-20/h2-11H,12-15H2,1H3,(H,24,30). The Morgan fingerprint density at radius 2 is 1.81 bits per heavy atom. The molecule has 0 spiro atoms. The van der Waals surface area contributed by atoms with E-state index in [1.165, 1.54) is 0 Å². The van der Waals surface area contributed by atoms with E-state index < -0.39 is 0 Å². The lowest BCUT2D eigenvalue weighted by atomic mass is 10.1. The van der Waals surface area contributed by atoms with Gasteiger partial charge in [-0.05, 0) is 58.6 Å². The van der Waals surface area contributed by atoms with Crippen LogP contribution in [0.4, 0.5) is 0 Å². The lowest BCUT2D eigenvalue weighted by Gasteiger charge is -2.20. The second-order valence-electron chi connectivity index (χ2n) is 7.72. The van der Waals surface area contributed by atoms with Crippen molar-refractivity contribution in [2.45, 2.75) is 33.1 Å². The normalized spacial score (nSPS) is 11.6. The highest BCUT2D eigenvalue weighted by Gasteiger charge is 2.17. The van der Waals surface area contributed by atoms with Crippen LogP contribution < -0.4 is 5.56 Å². The van der Waals surface area contributed by atoms with E-state index in [1.807, 2.05) is 55.5 Å². The van der Waals surface area contributed by atoms with Crippen LogP contribution in [0.1, 0.15) is 28.5 Å². The number of rotatable bonds is 8. The highest BCUT2D eigenvalue weighted by atomic mass is 16.3. The zero-order valence-corrected chi connectivity index (χ0v) is 17.6. The molecule has 0 atom stereocenters. The van der Waals surface area contributed by atoms with Gasteiger partial charge in [0.1, 0.15) is 18.1 Å². The molecule has 4 aromatic heterocycles. The Labute approximate surface area is 183 Å². The molecule has 0 amide bonds. The van der Waals surface area contributed by atoms with Crippen LogP contribution in [0.5, 0.6) is 0 Å². The molecule has 0 aliphatic carbocycles. The van der Waals surface area contributed by atoms with Crippen molar-refractivity contribution in [2.24, 2.45) is 0 Å². The van der Waals surface area contributed by atoms with Gasteiger partial charge in [0.05, 0.1) is 31.1 Å². The first kappa shape index (κ1) is 20.0. The van der Waals surface area contributed by atoms with Gasteiger partial charge in [0.15, 0.2) is 5.82 Å². The number of nitrogens with one attached hydrogen (secondary N) is 1. The van der Waals surface area contributed by atoms with Crippen LogP contribution in [0.2, 0.25) is 0 Å². The molecular weight excluding hydrogens is 408 g/mol. The van der Waals surface area contributed by atoms with Gasteiger partial charge >= 0.3 is 0 Å². The minimum atomic E-state index is -0.105. The number of aryl methyl sites for hydroxylation is 1. The first-order chi connectivity index (χ1) is 15.7. The topological polar surface area (TPSA) is 106 Å². The van der Waals surface area contributed by atoms with E-state index in [0.717, 1.165) is 28.0 Å². The number of nitrogens with zero attached hydrogens (tertiary/aromatic N) is 5.